The van der Waals surface area contributed by atoms with Crippen LogP contribution in [-0.2, 0) is 14.1 Å². The molecular formula is C41H80NO3P. The number of rotatable bonds is 36. The van der Waals surface area contributed by atoms with Gasteiger partial charge in [-0.05, 0) is 0 Å². The average Bonchev–Trinajstić information content (AvgIpc) is 3.02. The SMILES string of the molecule is CCCCCCCCC=CCCCCCCCC(=O)[PH-](OCC[N+](C)(C)C)C(=O)CCCCCCCC=CCCCCCCCC. The number of allylic oxidation sites excluding steroid dienone is 4. The van der Waals surface area contributed by atoms with Gasteiger partial charge in [-0.2, -0.15) is 0 Å². The van der Waals surface area contributed by atoms with Crippen LogP contribution in [0.1, 0.15) is 194 Å². The van der Waals surface area contributed by atoms with Crippen LogP contribution < -0.4 is 0 Å². The average molecular weight is 666 g/mol. The molecule has 0 unspecified atom stereocenters. The normalized spacial score (nSPS) is 13.3. The van der Waals surface area contributed by atoms with Crippen LogP contribution in [0.5, 0.6) is 0 Å². The first-order valence-electron chi connectivity index (χ1n) is 20.0. The van der Waals surface area contributed by atoms with Gasteiger partial charge in [-0.1, -0.05) is 78.1 Å². The molecule has 0 aromatic carbocycles. The van der Waals surface area contributed by atoms with Crippen molar-refractivity contribution in [2.75, 3.05) is 34.3 Å². The van der Waals surface area contributed by atoms with Gasteiger partial charge in [-0.25, -0.2) is 0 Å². The van der Waals surface area contributed by atoms with E-state index in [0.717, 1.165) is 36.7 Å². The summed E-state index contributed by atoms with van der Waals surface area (Å²) in [5.41, 5.74) is 0.198. The van der Waals surface area contributed by atoms with Crippen molar-refractivity contribution in [3.8, 4) is 0 Å². The summed E-state index contributed by atoms with van der Waals surface area (Å²) in [6.07, 6.45) is 42.8. The van der Waals surface area contributed by atoms with Gasteiger partial charge >= 0.3 is 212 Å². The minimum atomic E-state index is -2.07. The molecule has 0 amide bonds. The Morgan fingerprint density at radius 3 is 1.11 bits per heavy atom. The second-order valence-corrected chi connectivity index (χ2v) is 16.8. The van der Waals surface area contributed by atoms with Crippen molar-refractivity contribution in [1.82, 2.24) is 0 Å². The maximum absolute atomic E-state index is 13.1. The molecule has 0 saturated heterocycles. The Hall–Kier alpha value is -0.830. The van der Waals surface area contributed by atoms with Crippen molar-refractivity contribution in [2.24, 2.45) is 0 Å². The van der Waals surface area contributed by atoms with E-state index in [9.17, 15) is 9.59 Å². The van der Waals surface area contributed by atoms with E-state index in [-0.39, 0.29) is 11.0 Å². The second kappa shape index (κ2) is 34.0. The minimum absolute atomic E-state index is 0.0989. The predicted octanol–water partition coefficient (Wildman–Crippen LogP) is 13.0. The van der Waals surface area contributed by atoms with Gasteiger partial charge in [0.2, 0.25) is 0 Å². The van der Waals surface area contributed by atoms with Crippen LogP contribution in [0.15, 0.2) is 24.3 Å². The molecule has 0 N–H and O–H groups in total. The third-order valence-corrected chi connectivity index (χ3v) is 10.9. The van der Waals surface area contributed by atoms with Gasteiger partial charge in [0.15, 0.2) is 0 Å². The summed E-state index contributed by atoms with van der Waals surface area (Å²) in [5, 5.41) is 0. The number of nitrogens with zero attached hydrogens (tertiary/aromatic N) is 1. The standard InChI is InChI=1S/C41H80NO3P/c1-6-8-10-12-14-16-18-20-22-24-26-28-30-32-34-36-40(43)46(45-39-38-42(3,4)5)41(44)37-35-33-31-29-27-25-23-21-19-17-15-13-11-9-7-2/h20-23,46H,6-19,24-39H2,1-5H3. The Morgan fingerprint density at radius 1 is 0.478 bits per heavy atom. The van der Waals surface area contributed by atoms with Crippen molar-refractivity contribution in [3.05, 3.63) is 24.3 Å². The molecule has 0 heterocycles. The van der Waals surface area contributed by atoms with Gasteiger partial charge < -0.3 is 0 Å². The molecule has 0 radical (unpaired) electrons. The smallest absolute Gasteiger partial charge is 0.0654 e. The van der Waals surface area contributed by atoms with E-state index in [4.69, 9.17) is 4.52 Å². The fourth-order valence-corrected chi connectivity index (χ4v) is 7.41. The van der Waals surface area contributed by atoms with Crippen molar-refractivity contribution in [2.45, 2.75) is 194 Å². The molecule has 0 bridgehead atoms. The second-order valence-electron chi connectivity index (χ2n) is 14.7. The summed E-state index contributed by atoms with van der Waals surface area (Å²) >= 11 is 0. The van der Waals surface area contributed by atoms with Crippen molar-refractivity contribution in [3.63, 3.8) is 0 Å². The fraction of sp³-hybridized carbons (Fsp3) is 0.854. The van der Waals surface area contributed by atoms with E-state index < -0.39 is 8.15 Å². The van der Waals surface area contributed by atoms with Crippen molar-refractivity contribution < 1.29 is 18.6 Å². The van der Waals surface area contributed by atoms with Crippen LogP contribution in [0.3, 0.4) is 0 Å². The van der Waals surface area contributed by atoms with E-state index in [2.05, 4.69) is 59.3 Å². The summed E-state index contributed by atoms with van der Waals surface area (Å²) in [6.45, 7) is 5.85. The predicted molar refractivity (Wildman–Crippen MR) is 206 cm³/mol. The monoisotopic (exact) mass is 666 g/mol. The molecular weight excluding hydrogens is 585 g/mol. The van der Waals surface area contributed by atoms with Crippen LogP contribution >= 0.6 is 8.15 Å². The molecule has 5 heteroatoms. The number of likely N-dealkylation sites (N-methyl/N-ethyl adjacent to an activating group) is 1. The molecule has 0 aromatic heterocycles. The van der Waals surface area contributed by atoms with E-state index in [1.54, 1.807) is 0 Å². The van der Waals surface area contributed by atoms with Crippen molar-refractivity contribution >= 4 is 19.2 Å². The zero-order valence-corrected chi connectivity index (χ0v) is 32.7. The maximum atomic E-state index is 13.1. The van der Waals surface area contributed by atoms with Crippen LogP contribution in [0.25, 0.3) is 0 Å². The van der Waals surface area contributed by atoms with E-state index in [1.165, 1.54) is 141 Å². The molecule has 0 aliphatic heterocycles. The first-order chi connectivity index (χ1) is 22.3. The molecule has 0 aliphatic carbocycles. The molecule has 272 valence electrons. The van der Waals surface area contributed by atoms with Gasteiger partial charge in [-0.15, -0.1) is 0 Å². The van der Waals surface area contributed by atoms with E-state index in [1.807, 2.05) is 0 Å². The summed E-state index contributed by atoms with van der Waals surface area (Å²) in [4.78, 5) is 26.2. The van der Waals surface area contributed by atoms with Gasteiger partial charge in [0.1, 0.15) is 0 Å². The molecule has 0 aromatic rings. The zero-order chi connectivity index (χ0) is 34.0. The Balaban J connectivity index is 4.10. The number of quaternary nitrogens is 1. The van der Waals surface area contributed by atoms with Gasteiger partial charge in [0.05, 0.1) is 0 Å². The number of carbonyl (C=O) groups excluding carboxylic acids is 2. The molecule has 0 fully saturated rings. The molecule has 0 saturated carbocycles. The van der Waals surface area contributed by atoms with Crippen LogP contribution in [-0.4, -0.2) is 49.8 Å². The van der Waals surface area contributed by atoms with Crippen LogP contribution in [0.4, 0.5) is 0 Å². The Morgan fingerprint density at radius 2 is 0.783 bits per heavy atom. The number of carbonyl (C=O) groups is 2. The molecule has 46 heavy (non-hydrogen) atoms. The fourth-order valence-electron chi connectivity index (χ4n) is 5.68. The van der Waals surface area contributed by atoms with Crippen LogP contribution in [0, 0.1) is 0 Å². The summed E-state index contributed by atoms with van der Waals surface area (Å²) in [7, 11) is 4.30. The third kappa shape index (κ3) is 33.1. The Labute approximate surface area is 289 Å². The topological polar surface area (TPSA) is 43.4 Å². The van der Waals surface area contributed by atoms with Gasteiger partial charge in [0.25, 0.3) is 0 Å². The quantitative estimate of drug-likeness (QED) is 0.0289. The van der Waals surface area contributed by atoms with E-state index >= 15 is 0 Å². The molecule has 4 nitrogen and oxygen atoms in total. The number of unbranched alkanes of at least 4 members (excludes halogenated alkanes) is 22. The van der Waals surface area contributed by atoms with Gasteiger partial charge in [-0.3, -0.25) is 0 Å². The molecule has 0 spiro atoms. The van der Waals surface area contributed by atoms with E-state index in [0.29, 0.717) is 19.4 Å². The molecule has 0 aliphatic rings. The summed E-state index contributed by atoms with van der Waals surface area (Å²) in [5.74, 6) is 0. The Kier molecular flexibility index (Phi) is 33.4. The van der Waals surface area contributed by atoms with Gasteiger partial charge in [0, 0.05) is 0 Å². The first kappa shape index (κ1) is 45.2. The zero-order valence-electron chi connectivity index (χ0n) is 31.7. The first-order valence-corrected chi connectivity index (χ1v) is 21.4. The number of hydrogen-bond acceptors (Lipinski definition) is 3. The molecule has 0 atom stereocenters. The summed E-state index contributed by atoms with van der Waals surface area (Å²) in [6, 6.07) is 0. The van der Waals surface area contributed by atoms with Crippen LogP contribution in [0.2, 0.25) is 0 Å². The minimum Gasteiger partial charge on any atom is -0.0654 e. The molecule has 0 rings (SSSR count). The Bertz CT molecular complexity index is 690. The van der Waals surface area contributed by atoms with Crippen molar-refractivity contribution in [1.29, 1.82) is 0 Å². The summed E-state index contributed by atoms with van der Waals surface area (Å²) < 4.78 is 6.84. The number of hydrogen-bond donors (Lipinski definition) is 0. The third-order valence-electron chi connectivity index (χ3n) is 8.85.